The fourth-order valence-corrected chi connectivity index (χ4v) is 3.92. The Hall–Kier alpha value is -3.34. The maximum atomic E-state index is 5.87. The smallest absolute Gasteiger partial charge is 0.125 e. The molecule has 5 nitrogen and oxygen atoms in total. The molecule has 3 aromatic rings. The molecule has 0 fully saturated rings. The monoisotopic (exact) mass is 433 g/mol. The van der Waals surface area contributed by atoms with Gasteiger partial charge < -0.3 is 24.2 Å². The van der Waals surface area contributed by atoms with Gasteiger partial charge in [-0.3, -0.25) is 0 Å². The van der Waals surface area contributed by atoms with E-state index in [2.05, 4.69) is 89.5 Å². The average molecular weight is 434 g/mol. The first kappa shape index (κ1) is 23.3. The molecular weight excluding hydrogens is 398 g/mol. The van der Waals surface area contributed by atoms with E-state index in [1.165, 1.54) is 5.56 Å². The Bertz CT molecular complexity index is 984. The topological polar surface area (TPSA) is 28.2 Å². The van der Waals surface area contributed by atoms with E-state index in [9.17, 15) is 0 Å². The Balaban J connectivity index is 2.24. The van der Waals surface area contributed by atoms with E-state index in [-0.39, 0.29) is 5.92 Å². The molecule has 0 spiro atoms. The van der Waals surface area contributed by atoms with Crippen molar-refractivity contribution in [2.45, 2.75) is 5.92 Å². The molecule has 3 aromatic carbocycles. The lowest BCUT2D eigenvalue weighted by atomic mass is 9.83. The SMILES string of the molecule is COc1cc(N(C)C)ccc1C(c1ccc(N(C)C)cc1)c1ccc(N(C)C)cc1OC. The largest absolute Gasteiger partial charge is 0.496 e. The maximum absolute atomic E-state index is 5.87. The van der Waals surface area contributed by atoms with Crippen LogP contribution in [0.1, 0.15) is 22.6 Å². The van der Waals surface area contributed by atoms with E-state index in [1.807, 2.05) is 28.2 Å². The van der Waals surface area contributed by atoms with Gasteiger partial charge in [0.25, 0.3) is 0 Å². The normalized spacial score (nSPS) is 10.8. The molecule has 0 amide bonds. The summed E-state index contributed by atoms with van der Waals surface area (Å²) in [6.45, 7) is 0. The van der Waals surface area contributed by atoms with Crippen molar-refractivity contribution in [1.29, 1.82) is 0 Å². The Morgan fingerprint density at radius 1 is 0.531 bits per heavy atom. The lowest BCUT2D eigenvalue weighted by Gasteiger charge is -2.26. The lowest BCUT2D eigenvalue weighted by Crippen LogP contribution is -2.13. The number of hydrogen-bond donors (Lipinski definition) is 0. The van der Waals surface area contributed by atoms with Gasteiger partial charge in [0, 0.05) is 88.5 Å². The van der Waals surface area contributed by atoms with Gasteiger partial charge in [0.15, 0.2) is 0 Å². The molecule has 0 aliphatic carbocycles. The first-order chi connectivity index (χ1) is 15.3. The number of nitrogens with zero attached hydrogens (tertiary/aromatic N) is 3. The summed E-state index contributed by atoms with van der Waals surface area (Å²) in [7, 11) is 15.7. The van der Waals surface area contributed by atoms with Gasteiger partial charge in [-0.05, 0) is 29.8 Å². The van der Waals surface area contributed by atoms with Gasteiger partial charge in [-0.25, -0.2) is 0 Å². The first-order valence-electron chi connectivity index (χ1n) is 10.7. The van der Waals surface area contributed by atoms with Gasteiger partial charge in [-0.2, -0.15) is 0 Å². The van der Waals surface area contributed by atoms with Crippen molar-refractivity contribution in [2.75, 3.05) is 71.2 Å². The lowest BCUT2D eigenvalue weighted by molar-refractivity contribution is 0.402. The molecule has 3 rings (SSSR count). The third-order valence-electron chi connectivity index (χ3n) is 5.83. The second-order valence-electron chi connectivity index (χ2n) is 8.56. The second-order valence-corrected chi connectivity index (χ2v) is 8.56. The summed E-state index contributed by atoms with van der Waals surface area (Å²) in [5, 5.41) is 0. The molecule has 0 saturated carbocycles. The van der Waals surface area contributed by atoms with Crippen LogP contribution in [0.5, 0.6) is 11.5 Å². The van der Waals surface area contributed by atoms with Crippen molar-refractivity contribution < 1.29 is 9.47 Å². The summed E-state index contributed by atoms with van der Waals surface area (Å²) in [5.41, 5.74) is 6.75. The van der Waals surface area contributed by atoms with Gasteiger partial charge in [-0.15, -0.1) is 0 Å². The van der Waals surface area contributed by atoms with E-state index >= 15 is 0 Å². The molecular formula is C27H35N3O2. The van der Waals surface area contributed by atoms with Crippen LogP contribution in [-0.4, -0.2) is 56.5 Å². The standard InChI is InChI=1S/C27H35N3O2/c1-28(2)20-11-9-19(10-12-20)27(23-15-13-21(29(3)4)17-25(23)31-7)24-16-14-22(30(5)6)18-26(24)32-8/h9-18,27H,1-8H3. The Labute approximate surface area is 192 Å². The quantitative estimate of drug-likeness (QED) is 0.462. The van der Waals surface area contributed by atoms with Crippen molar-refractivity contribution in [1.82, 2.24) is 0 Å². The van der Waals surface area contributed by atoms with E-state index in [0.29, 0.717) is 0 Å². The zero-order valence-electron chi connectivity index (χ0n) is 20.5. The first-order valence-corrected chi connectivity index (χ1v) is 10.7. The van der Waals surface area contributed by atoms with Crippen LogP contribution in [0.2, 0.25) is 0 Å². The maximum Gasteiger partial charge on any atom is 0.125 e. The van der Waals surface area contributed by atoms with E-state index in [4.69, 9.17) is 9.47 Å². The van der Waals surface area contributed by atoms with Gasteiger partial charge in [0.2, 0.25) is 0 Å². The van der Waals surface area contributed by atoms with Crippen LogP contribution in [0, 0.1) is 0 Å². The highest BCUT2D eigenvalue weighted by atomic mass is 16.5. The highest BCUT2D eigenvalue weighted by molar-refractivity contribution is 5.62. The number of anilines is 3. The van der Waals surface area contributed by atoms with Crippen LogP contribution in [0.25, 0.3) is 0 Å². The van der Waals surface area contributed by atoms with Crippen molar-refractivity contribution >= 4 is 17.1 Å². The molecule has 0 aromatic heterocycles. The minimum absolute atomic E-state index is 0.0384. The molecule has 32 heavy (non-hydrogen) atoms. The summed E-state index contributed by atoms with van der Waals surface area (Å²) in [5.74, 6) is 1.68. The summed E-state index contributed by atoms with van der Waals surface area (Å²) in [6, 6.07) is 21.5. The molecule has 0 saturated heterocycles. The number of benzene rings is 3. The van der Waals surface area contributed by atoms with Gasteiger partial charge in [-0.1, -0.05) is 24.3 Å². The van der Waals surface area contributed by atoms with Crippen molar-refractivity contribution in [3.05, 3.63) is 77.4 Å². The number of methoxy groups -OCH3 is 2. The third kappa shape index (κ3) is 4.77. The molecule has 0 N–H and O–H groups in total. The van der Waals surface area contributed by atoms with Crippen LogP contribution in [0.3, 0.4) is 0 Å². The zero-order valence-corrected chi connectivity index (χ0v) is 20.5. The predicted molar refractivity (Wildman–Crippen MR) is 136 cm³/mol. The molecule has 0 aliphatic rings. The van der Waals surface area contributed by atoms with Crippen LogP contribution < -0.4 is 24.2 Å². The molecule has 0 unspecified atom stereocenters. The van der Waals surface area contributed by atoms with E-state index in [1.54, 1.807) is 14.2 Å². The second kappa shape index (κ2) is 9.86. The van der Waals surface area contributed by atoms with Crippen molar-refractivity contribution in [3.8, 4) is 11.5 Å². The zero-order chi connectivity index (χ0) is 23.4. The molecule has 0 atom stereocenters. The summed E-state index contributed by atoms with van der Waals surface area (Å²) >= 11 is 0. The fraction of sp³-hybridized carbons (Fsp3) is 0.333. The van der Waals surface area contributed by atoms with Crippen LogP contribution in [0.15, 0.2) is 60.7 Å². The average Bonchev–Trinajstić information content (AvgIpc) is 2.79. The number of rotatable bonds is 8. The third-order valence-corrected chi connectivity index (χ3v) is 5.83. The summed E-state index contributed by atoms with van der Waals surface area (Å²) < 4.78 is 11.7. The molecule has 0 bridgehead atoms. The minimum Gasteiger partial charge on any atom is -0.496 e. The van der Waals surface area contributed by atoms with Crippen LogP contribution in [-0.2, 0) is 0 Å². The fourth-order valence-electron chi connectivity index (χ4n) is 3.92. The van der Waals surface area contributed by atoms with Crippen LogP contribution in [0.4, 0.5) is 17.1 Å². The highest BCUT2D eigenvalue weighted by Crippen LogP contribution is 2.43. The Kier molecular flexibility index (Phi) is 7.18. The summed E-state index contributed by atoms with van der Waals surface area (Å²) in [4.78, 5) is 6.27. The molecule has 5 heteroatoms. The molecule has 170 valence electrons. The Morgan fingerprint density at radius 3 is 1.25 bits per heavy atom. The summed E-state index contributed by atoms with van der Waals surface area (Å²) in [6.07, 6.45) is 0. The van der Waals surface area contributed by atoms with E-state index < -0.39 is 0 Å². The predicted octanol–water partition coefficient (Wildman–Crippen LogP) is 5.08. The number of ether oxygens (including phenoxy) is 2. The van der Waals surface area contributed by atoms with E-state index in [0.717, 1.165) is 39.7 Å². The Morgan fingerprint density at radius 2 is 0.906 bits per heavy atom. The van der Waals surface area contributed by atoms with Crippen LogP contribution >= 0.6 is 0 Å². The molecule has 0 heterocycles. The van der Waals surface area contributed by atoms with Gasteiger partial charge in [0.05, 0.1) is 14.2 Å². The van der Waals surface area contributed by atoms with Gasteiger partial charge in [0.1, 0.15) is 11.5 Å². The van der Waals surface area contributed by atoms with Gasteiger partial charge >= 0.3 is 0 Å². The number of hydrogen-bond acceptors (Lipinski definition) is 5. The molecule has 0 radical (unpaired) electrons. The highest BCUT2D eigenvalue weighted by Gasteiger charge is 2.25. The van der Waals surface area contributed by atoms with Crippen molar-refractivity contribution in [2.24, 2.45) is 0 Å². The molecule has 0 aliphatic heterocycles. The van der Waals surface area contributed by atoms with Crippen molar-refractivity contribution in [3.63, 3.8) is 0 Å². The minimum atomic E-state index is -0.0384.